The molecule has 7 nitrogen and oxygen atoms in total. The van der Waals surface area contributed by atoms with Gasteiger partial charge in [-0.3, -0.25) is 14.9 Å². The second kappa shape index (κ2) is 13.0. The third-order valence-electron chi connectivity index (χ3n) is 6.25. The lowest BCUT2D eigenvalue weighted by Crippen LogP contribution is -2.57. The van der Waals surface area contributed by atoms with Gasteiger partial charge in [-0.15, -0.1) is 0 Å². The van der Waals surface area contributed by atoms with Crippen molar-refractivity contribution in [3.63, 3.8) is 0 Å². The van der Waals surface area contributed by atoms with E-state index in [1.807, 2.05) is 17.0 Å². The van der Waals surface area contributed by atoms with E-state index in [-0.39, 0.29) is 24.0 Å². The lowest BCUT2D eigenvalue weighted by molar-refractivity contribution is -0.129. The van der Waals surface area contributed by atoms with Gasteiger partial charge in [0.15, 0.2) is 0 Å². The van der Waals surface area contributed by atoms with Crippen molar-refractivity contribution >= 4 is 11.9 Å². The first-order valence-corrected chi connectivity index (χ1v) is 11.9. The van der Waals surface area contributed by atoms with E-state index in [0.717, 1.165) is 38.8 Å². The Morgan fingerprint density at radius 2 is 1.55 bits per heavy atom. The molecular weight excluding hydrogens is 416 g/mol. The van der Waals surface area contributed by atoms with Crippen molar-refractivity contribution in [1.29, 1.82) is 0 Å². The van der Waals surface area contributed by atoms with Crippen molar-refractivity contribution in [1.82, 2.24) is 20.6 Å². The van der Waals surface area contributed by atoms with Crippen molar-refractivity contribution in [2.45, 2.75) is 51.1 Å². The average Bonchev–Trinajstić information content (AvgIpc) is 2.84. The molecule has 1 saturated heterocycles. The second-order valence-electron chi connectivity index (χ2n) is 8.69. The quantitative estimate of drug-likeness (QED) is 0.290. The molecule has 3 rings (SSSR count). The molecule has 1 fully saturated rings. The summed E-state index contributed by atoms with van der Waals surface area (Å²) in [6, 6.07) is 21.4. The Bertz CT molecular complexity index is 823. The van der Waals surface area contributed by atoms with Crippen LogP contribution in [0.4, 0.5) is 4.79 Å². The average molecular weight is 453 g/mol. The molecule has 0 spiro atoms. The Morgan fingerprint density at radius 1 is 0.939 bits per heavy atom. The van der Waals surface area contributed by atoms with E-state index in [0.29, 0.717) is 19.5 Å². The van der Waals surface area contributed by atoms with E-state index < -0.39 is 0 Å². The number of hydrogen-bond donors (Lipinski definition) is 3. The number of amides is 3. The molecule has 1 unspecified atom stereocenters. The van der Waals surface area contributed by atoms with Gasteiger partial charge in [0.2, 0.25) is 5.91 Å². The summed E-state index contributed by atoms with van der Waals surface area (Å²) in [7, 11) is 0. The third kappa shape index (κ3) is 7.30. The zero-order chi connectivity index (χ0) is 23.5. The molecule has 3 amide bonds. The number of hydrogen-bond acceptors (Lipinski definition) is 4. The Labute approximate surface area is 196 Å². The summed E-state index contributed by atoms with van der Waals surface area (Å²) in [5.41, 5.74) is 4.18. The summed E-state index contributed by atoms with van der Waals surface area (Å²) in [4.78, 5) is 28.2. The van der Waals surface area contributed by atoms with Gasteiger partial charge >= 0.3 is 6.03 Å². The van der Waals surface area contributed by atoms with Crippen LogP contribution in [0.2, 0.25) is 0 Å². The highest BCUT2D eigenvalue weighted by molar-refractivity contribution is 5.75. The van der Waals surface area contributed by atoms with Gasteiger partial charge < -0.3 is 10.2 Å². The number of piperazine rings is 1. The highest BCUT2D eigenvalue weighted by Crippen LogP contribution is 2.30. The van der Waals surface area contributed by atoms with Crippen LogP contribution in [0.3, 0.4) is 0 Å². The maximum atomic E-state index is 12.8. The number of unbranched alkanes of at least 4 members (excludes halogenated alkanes) is 3. The monoisotopic (exact) mass is 452 g/mol. The van der Waals surface area contributed by atoms with Crippen molar-refractivity contribution < 1.29 is 14.8 Å². The minimum absolute atomic E-state index is 0.00206. The van der Waals surface area contributed by atoms with Crippen LogP contribution in [0, 0.1) is 0 Å². The highest BCUT2D eigenvalue weighted by atomic mass is 16.5. The molecule has 3 N–H and O–H groups in total. The highest BCUT2D eigenvalue weighted by Gasteiger charge is 2.32. The molecule has 2 aromatic carbocycles. The molecule has 1 atom stereocenters. The molecule has 0 aromatic heterocycles. The first kappa shape index (κ1) is 24.7. The Kier molecular flexibility index (Phi) is 9.72. The van der Waals surface area contributed by atoms with Gasteiger partial charge in [-0.2, -0.15) is 0 Å². The lowest BCUT2D eigenvalue weighted by Gasteiger charge is -2.43. The number of carbonyl (C=O) groups is 2. The molecule has 2 aromatic rings. The van der Waals surface area contributed by atoms with Crippen LogP contribution >= 0.6 is 0 Å². The molecule has 1 aliphatic rings. The normalized spacial score (nSPS) is 16.6. The molecule has 1 aliphatic heterocycles. The number of nitrogens with one attached hydrogen (secondary N) is 2. The molecular formula is C26H36N4O3. The SMILES string of the molecule is CC1CN(C(c2ccccc2)c2ccccc2)CCN1C(=O)NCCCCCCC(=O)NO. The van der Waals surface area contributed by atoms with Gasteiger partial charge in [0, 0.05) is 38.6 Å². The molecule has 0 radical (unpaired) electrons. The van der Waals surface area contributed by atoms with E-state index in [1.54, 1.807) is 5.48 Å². The summed E-state index contributed by atoms with van der Waals surface area (Å²) >= 11 is 0. The Balaban J connectivity index is 1.49. The van der Waals surface area contributed by atoms with Gasteiger partial charge in [0.05, 0.1) is 6.04 Å². The number of urea groups is 1. The molecule has 0 saturated carbocycles. The molecule has 0 bridgehead atoms. The molecule has 1 heterocycles. The summed E-state index contributed by atoms with van der Waals surface area (Å²) in [6.45, 7) is 5.08. The molecule has 33 heavy (non-hydrogen) atoms. The molecule has 178 valence electrons. The Hall–Kier alpha value is -2.90. The first-order chi connectivity index (χ1) is 16.1. The second-order valence-corrected chi connectivity index (χ2v) is 8.69. The minimum Gasteiger partial charge on any atom is -0.338 e. The third-order valence-corrected chi connectivity index (χ3v) is 6.25. The van der Waals surface area contributed by atoms with Crippen LogP contribution in [0.15, 0.2) is 60.7 Å². The van der Waals surface area contributed by atoms with Gasteiger partial charge in [-0.25, -0.2) is 10.3 Å². The van der Waals surface area contributed by atoms with Crippen molar-refractivity contribution in [3.05, 3.63) is 71.8 Å². The first-order valence-electron chi connectivity index (χ1n) is 11.9. The van der Waals surface area contributed by atoms with Crippen LogP contribution in [0.5, 0.6) is 0 Å². The minimum atomic E-state index is -0.349. The standard InChI is InChI=1S/C26H36N4O3/c1-21-20-29(25(22-12-6-4-7-13-22)23-14-8-5-9-15-23)18-19-30(21)26(32)27-17-11-3-2-10-16-24(31)28-33/h4-9,12-15,21,25,33H,2-3,10-11,16-20H2,1H3,(H,27,32)(H,28,31). The van der Waals surface area contributed by atoms with Crippen LogP contribution < -0.4 is 10.8 Å². The van der Waals surface area contributed by atoms with E-state index in [4.69, 9.17) is 5.21 Å². The Morgan fingerprint density at radius 3 is 2.12 bits per heavy atom. The molecule has 7 heteroatoms. The van der Waals surface area contributed by atoms with Crippen molar-refractivity contribution in [2.24, 2.45) is 0 Å². The topological polar surface area (TPSA) is 84.9 Å². The van der Waals surface area contributed by atoms with Crippen molar-refractivity contribution in [2.75, 3.05) is 26.2 Å². The van der Waals surface area contributed by atoms with Gasteiger partial charge in [0.1, 0.15) is 0 Å². The number of hydroxylamine groups is 1. The summed E-state index contributed by atoms with van der Waals surface area (Å²) < 4.78 is 0. The van der Waals surface area contributed by atoms with Crippen LogP contribution in [0.25, 0.3) is 0 Å². The van der Waals surface area contributed by atoms with E-state index in [9.17, 15) is 9.59 Å². The van der Waals surface area contributed by atoms with Crippen LogP contribution in [-0.4, -0.2) is 59.2 Å². The molecule has 0 aliphatic carbocycles. The fraction of sp³-hybridized carbons (Fsp3) is 0.462. The van der Waals surface area contributed by atoms with E-state index in [2.05, 4.69) is 65.7 Å². The predicted octanol–water partition coefficient (Wildman–Crippen LogP) is 3.95. The fourth-order valence-corrected chi connectivity index (χ4v) is 4.52. The van der Waals surface area contributed by atoms with Gasteiger partial charge in [-0.05, 0) is 30.9 Å². The van der Waals surface area contributed by atoms with Crippen molar-refractivity contribution in [3.8, 4) is 0 Å². The smallest absolute Gasteiger partial charge is 0.317 e. The summed E-state index contributed by atoms with van der Waals surface area (Å²) in [5, 5.41) is 11.5. The van der Waals surface area contributed by atoms with E-state index in [1.165, 1.54) is 11.1 Å². The number of rotatable bonds is 10. The maximum Gasteiger partial charge on any atom is 0.317 e. The zero-order valence-corrected chi connectivity index (χ0v) is 19.5. The van der Waals surface area contributed by atoms with E-state index >= 15 is 0 Å². The lowest BCUT2D eigenvalue weighted by atomic mass is 9.95. The van der Waals surface area contributed by atoms with Gasteiger partial charge in [-0.1, -0.05) is 73.5 Å². The van der Waals surface area contributed by atoms with Gasteiger partial charge in [0.25, 0.3) is 0 Å². The fourth-order valence-electron chi connectivity index (χ4n) is 4.52. The van der Waals surface area contributed by atoms with Crippen LogP contribution in [-0.2, 0) is 4.79 Å². The number of nitrogens with zero attached hydrogens (tertiary/aromatic N) is 2. The van der Waals surface area contributed by atoms with Crippen LogP contribution in [0.1, 0.15) is 56.2 Å². The zero-order valence-electron chi connectivity index (χ0n) is 19.5. The number of benzene rings is 2. The maximum absolute atomic E-state index is 12.8. The number of carbonyl (C=O) groups excluding carboxylic acids is 2. The largest absolute Gasteiger partial charge is 0.338 e. The predicted molar refractivity (Wildman–Crippen MR) is 129 cm³/mol. The summed E-state index contributed by atoms with van der Waals surface area (Å²) in [6.07, 6.45) is 3.79. The summed E-state index contributed by atoms with van der Waals surface area (Å²) in [5.74, 6) is -0.349.